The monoisotopic (exact) mass is 402 g/mol. The molecule has 0 aliphatic rings. The van der Waals surface area contributed by atoms with Gasteiger partial charge in [-0.3, -0.25) is 0 Å². The van der Waals surface area contributed by atoms with Gasteiger partial charge in [0.1, 0.15) is 5.75 Å². The van der Waals surface area contributed by atoms with E-state index in [9.17, 15) is 0 Å². The fraction of sp³-hybridized carbons (Fsp3) is 0.263. The average molecular weight is 402 g/mol. The molecule has 2 N–H and O–H groups in total. The van der Waals surface area contributed by atoms with Crippen molar-refractivity contribution >= 4 is 11.8 Å². The Morgan fingerprint density at radius 3 is 2.07 bits per heavy atom. The Morgan fingerprint density at radius 2 is 1.54 bits per heavy atom. The number of benzene rings is 2. The van der Waals surface area contributed by atoms with E-state index in [1.54, 1.807) is 40.6 Å². The van der Waals surface area contributed by atoms with Crippen molar-refractivity contribution in [3.05, 3.63) is 42.0 Å². The molecule has 3 aromatic rings. The van der Waals surface area contributed by atoms with Gasteiger partial charge in [0.2, 0.25) is 10.9 Å². The first kappa shape index (κ1) is 19.7. The van der Waals surface area contributed by atoms with Gasteiger partial charge in [0.15, 0.2) is 17.3 Å². The molecule has 0 aliphatic carbocycles. The van der Waals surface area contributed by atoms with Crippen LogP contribution in [0.1, 0.15) is 5.56 Å². The van der Waals surface area contributed by atoms with Gasteiger partial charge in [-0.05, 0) is 29.8 Å². The molecule has 2 aromatic carbocycles. The zero-order valence-corrected chi connectivity index (χ0v) is 16.9. The molecule has 0 unspecified atom stereocenters. The number of hydrogen-bond donors (Lipinski definition) is 1. The number of nitrogens with zero attached hydrogens (tertiary/aromatic N) is 3. The fourth-order valence-corrected chi connectivity index (χ4v) is 3.46. The first-order valence-electron chi connectivity index (χ1n) is 8.37. The molecule has 148 valence electrons. The number of methoxy groups -OCH3 is 4. The number of nitrogens with two attached hydrogens (primary N) is 1. The standard InChI is InChI=1S/C19H22N4O4S/c1-24-14-7-5-12(6-8-14)11-28-19-22-21-18(23(19)20)13-9-15(25-2)17(27-4)16(10-13)26-3/h5-10H,11,20H2,1-4H3. The van der Waals surface area contributed by atoms with E-state index < -0.39 is 0 Å². The summed E-state index contributed by atoms with van der Waals surface area (Å²) < 4.78 is 22.8. The molecule has 0 saturated heterocycles. The highest BCUT2D eigenvalue weighted by Crippen LogP contribution is 2.41. The van der Waals surface area contributed by atoms with Crippen LogP contribution in [0.5, 0.6) is 23.0 Å². The van der Waals surface area contributed by atoms with Crippen molar-refractivity contribution in [2.45, 2.75) is 10.9 Å². The molecule has 8 nitrogen and oxygen atoms in total. The summed E-state index contributed by atoms with van der Waals surface area (Å²) in [5.74, 6) is 9.80. The predicted octanol–water partition coefficient (Wildman–Crippen LogP) is 2.99. The van der Waals surface area contributed by atoms with Crippen molar-refractivity contribution in [2.24, 2.45) is 0 Å². The van der Waals surface area contributed by atoms with Crippen molar-refractivity contribution in [3.8, 4) is 34.4 Å². The average Bonchev–Trinajstić information content (AvgIpc) is 3.11. The molecule has 0 spiro atoms. The maximum absolute atomic E-state index is 6.24. The quantitative estimate of drug-likeness (QED) is 0.454. The van der Waals surface area contributed by atoms with E-state index in [-0.39, 0.29) is 0 Å². The Balaban J connectivity index is 1.84. The zero-order chi connectivity index (χ0) is 20.1. The van der Waals surface area contributed by atoms with E-state index >= 15 is 0 Å². The van der Waals surface area contributed by atoms with Crippen LogP contribution in [0, 0.1) is 0 Å². The largest absolute Gasteiger partial charge is 0.497 e. The van der Waals surface area contributed by atoms with Crippen molar-refractivity contribution in [2.75, 3.05) is 34.3 Å². The summed E-state index contributed by atoms with van der Waals surface area (Å²) in [6.45, 7) is 0. The molecule has 0 radical (unpaired) electrons. The van der Waals surface area contributed by atoms with Gasteiger partial charge < -0.3 is 24.8 Å². The lowest BCUT2D eigenvalue weighted by atomic mass is 10.1. The molecular weight excluding hydrogens is 380 g/mol. The minimum absolute atomic E-state index is 0.497. The van der Waals surface area contributed by atoms with Crippen molar-refractivity contribution < 1.29 is 18.9 Å². The highest BCUT2D eigenvalue weighted by Gasteiger charge is 2.18. The Labute approximate surface area is 167 Å². The maximum Gasteiger partial charge on any atom is 0.210 e. The first-order valence-corrected chi connectivity index (χ1v) is 9.36. The molecule has 9 heteroatoms. The van der Waals surface area contributed by atoms with E-state index in [0.717, 1.165) is 11.3 Å². The van der Waals surface area contributed by atoms with Gasteiger partial charge in [-0.15, -0.1) is 10.2 Å². The third kappa shape index (κ3) is 3.94. The SMILES string of the molecule is COc1ccc(CSc2nnc(-c3cc(OC)c(OC)c(OC)c3)n2N)cc1. The molecule has 28 heavy (non-hydrogen) atoms. The number of aromatic nitrogens is 3. The second-order valence-corrected chi connectivity index (χ2v) is 6.67. The number of ether oxygens (including phenoxy) is 4. The van der Waals surface area contributed by atoms with Gasteiger partial charge in [-0.25, -0.2) is 4.68 Å². The molecule has 1 aromatic heterocycles. The molecule has 0 fully saturated rings. The first-order chi connectivity index (χ1) is 13.6. The number of rotatable bonds is 8. The lowest BCUT2D eigenvalue weighted by Crippen LogP contribution is -2.11. The van der Waals surface area contributed by atoms with Gasteiger partial charge in [0.05, 0.1) is 28.4 Å². The lowest BCUT2D eigenvalue weighted by Gasteiger charge is -2.13. The molecule has 0 aliphatic heterocycles. The summed E-state index contributed by atoms with van der Waals surface area (Å²) in [4.78, 5) is 0. The summed E-state index contributed by atoms with van der Waals surface area (Å²) in [7, 11) is 6.32. The van der Waals surface area contributed by atoms with E-state index in [1.165, 1.54) is 16.4 Å². The smallest absolute Gasteiger partial charge is 0.210 e. The summed E-state index contributed by atoms with van der Waals surface area (Å²) >= 11 is 1.49. The Bertz CT molecular complexity index is 919. The summed E-state index contributed by atoms with van der Waals surface area (Å²) in [6, 6.07) is 11.4. The minimum atomic E-state index is 0.497. The van der Waals surface area contributed by atoms with Gasteiger partial charge >= 0.3 is 0 Å². The number of hydrogen-bond acceptors (Lipinski definition) is 8. The van der Waals surface area contributed by atoms with Crippen LogP contribution in [-0.4, -0.2) is 43.3 Å². The summed E-state index contributed by atoms with van der Waals surface area (Å²) in [5.41, 5.74) is 1.84. The van der Waals surface area contributed by atoms with Crippen molar-refractivity contribution in [1.82, 2.24) is 14.9 Å². The third-order valence-corrected chi connectivity index (χ3v) is 5.13. The van der Waals surface area contributed by atoms with Crippen LogP contribution in [0.4, 0.5) is 0 Å². The molecule has 0 saturated carbocycles. The third-order valence-electron chi connectivity index (χ3n) is 4.11. The molecule has 0 atom stereocenters. The second-order valence-electron chi connectivity index (χ2n) is 5.73. The van der Waals surface area contributed by atoms with Gasteiger partial charge in [-0.1, -0.05) is 23.9 Å². The van der Waals surface area contributed by atoms with Crippen LogP contribution in [0.2, 0.25) is 0 Å². The van der Waals surface area contributed by atoms with E-state index in [4.69, 9.17) is 24.8 Å². The predicted molar refractivity (Wildman–Crippen MR) is 108 cm³/mol. The molecule has 0 bridgehead atoms. The number of thioether (sulfide) groups is 1. The van der Waals surface area contributed by atoms with Gasteiger partial charge in [0.25, 0.3) is 0 Å². The van der Waals surface area contributed by atoms with Crippen LogP contribution in [0.3, 0.4) is 0 Å². The summed E-state index contributed by atoms with van der Waals surface area (Å²) in [5, 5.41) is 9.03. The molecule has 3 rings (SSSR count). The number of nitrogen functional groups attached to an aromatic ring is 1. The van der Waals surface area contributed by atoms with Gasteiger partial charge in [0, 0.05) is 11.3 Å². The zero-order valence-electron chi connectivity index (χ0n) is 16.1. The normalized spacial score (nSPS) is 10.6. The van der Waals surface area contributed by atoms with Gasteiger partial charge in [-0.2, -0.15) is 0 Å². The topological polar surface area (TPSA) is 93.7 Å². The maximum atomic E-state index is 6.24. The van der Waals surface area contributed by atoms with Crippen molar-refractivity contribution in [1.29, 1.82) is 0 Å². The van der Waals surface area contributed by atoms with Crippen LogP contribution >= 0.6 is 11.8 Å². The fourth-order valence-electron chi connectivity index (χ4n) is 2.65. The molecule has 1 heterocycles. The Hall–Kier alpha value is -3.07. The van der Waals surface area contributed by atoms with E-state index in [2.05, 4.69) is 10.2 Å². The Morgan fingerprint density at radius 1 is 0.893 bits per heavy atom. The van der Waals surface area contributed by atoms with E-state index in [0.29, 0.717) is 39.5 Å². The van der Waals surface area contributed by atoms with E-state index in [1.807, 2.05) is 24.3 Å². The van der Waals surface area contributed by atoms with Crippen LogP contribution in [0.25, 0.3) is 11.4 Å². The van der Waals surface area contributed by atoms with Crippen molar-refractivity contribution in [3.63, 3.8) is 0 Å². The Kier molecular flexibility index (Phi) is 6.15. The van der Waals surface area contributed by atoms with Crippen LogP contribution < -0.4 is 24.8 Å². The van der Waals surface area contributed by atoms with Crippen LogP contribution in [0.15, 0.2) is 41.6 Å². The lowest BCUT2D eigenvalue weighted by molar-refractivity contribution is 0.324. The molecule has 0 amide bonds. The second kappa shape index (κ2) is 8.75. The molecular formula is C19H22N4O4S. The summed E-state index contributed by atoms with van der Waals surface area (Å²) in [6.07, 6.45) is 0. The minimum Gasteiger partial charge on any atom is -0.497 e. The van der Waals surface area contributed by atoms with Crippen LogP contribution in [-0.2, 0) is 5.75 Å². The highest BCUT2D eigenvalue weighted by atomic mass is 32.2. The highest BCUT2D eigenvalue weighted by molar-refractivity contribution is 7.98.